The first-order chi connectivity index (χ1) is 6.70. The van der Waals surface area contributed by atoms with Crippen molar-refractivity contribution in [1.82, 2.24) is 4.98 Å². The lowest BCUT2D eigenvalue weighted by atomic mass is 10.1. The summed E-state index contributed by atoms with van der Waals surface area (Å²) in [5.74, 6) is 1.45. The Hall–Kier alpha value is -0.410. The molecule has 2 N–H and O–H groups in total. The molecule has 14 heavy (non-hydrogen) atoms. The summed E-state index contributed by atoms with van der Waals surface area (Å²) in [6.45, 7) is 5.12. The van der Waals surface area contributed by atoms with Gasteiger partial charge in [-0.3, -0.25) is 0 Å². The predicted octanol–water partition coefficient (Wildman–Crippen LogP) is 2.68. The summed E-state index contributed by atoms with van der Waals surface area (Å²) in [7, 11) is 0. The normalized spacial score (nSPS) is 16.6. The third-order valence-corrected chi connectivity index (χ3v) is 3.79. The summed E-state index contributed by atoms with van der Waals surface area (Å²) in [6.07, 6.45) is 3.74. The minimum atomic E-state index is 0.659. The highest BCUT2D eigenvalue weighted by Gasteiger charge is 2.28. The van der Waals surface area contributed by atoms with Gasteiger partial charge in [-0.05, 0) is 25.2 Å². The Labute approximate surface area is 89.5 Å². The number of aromatic nitrogens is 1. The number of nitrogens with two attached hydrogens (primary N) is 1. The van der Waals surface area contributed by atoms with Gasteiger partial charge in [-0.1, -0.05) is 13.8 Å². The first-order valence-corrected chi connectivity index (χ1v) is 6.21. The van der Waals surface area contributed by atoms with Gasteiger partial charge < -0.3 is 5.73 Å². The highest BCUT2D eigenvalue weighted by atomic mass is 32.1. The van der Waals surface area contributed by atoms with Crippen molar-refractivity contribution in [3.8, 4) is 0 Å². The molecule has 2 rings (SSSR count). The standard InChI is InChI=1S/C11H18N2S/c1-7(2)5-9-10(6-12)14-11(13-9)8-3-4-8/h7-8H,3-6,12H2,1-2H3. The Morgan fingerprint density at radius 2 is 2.21 bits per heavy atom. The van der Waals surface area contributed by atoms with Gasteiger partial charge in [0.15, 0.2) is 0 Å². The van der Waals surface area contributed by atoms with Gasteiger partial charge in [0, 0.05) is 17.3 Å². The monoisotopic (exact) mass is 210 g/mol. The van der Waals surface area contributed by atoms with Gasteiger partial charge in [0.2, 0.25) is 0 Å². The van der Waals surface area contributed by atoms with Crippen molar-refractivity contribution >= 4 is 11.3 Å². The fraction of sp³-hybridized carbons (Fsp3) is 0.727. The molecule has 3 heteroatoms. The van der Waals surface area contributed by atoms with Crippen LogP contribution in [0.3, 0.4) is 0 Å². The van der Waals surface area contributed by atoms with Gasteiger partial charge in [0.25, 0.3) is 0 Å². The van der Waals surface area contributed by atoms with Crippen molar-refractivity contribution in [3.63, 3.8) is 0 Å². The summed E-state index contributed by atoms with van der Waals surface area (Å²) in [5.41, 5.74) is 6.99. The summed E-state index contributed by atoms with van der Waals surface area (Å²) < 4.78 is 0. The number of thiazole rings is 1. The molecule has 0 radical (unpaired) electrons. The molecule has 0 bridgehead atoms. The number of rotatable bonds is 4. The molecule has 0 spiro atoms. The molecule has 78 valence electrons. The van der Waals surface area contributed by atoms with E-state index in [2.05, 4.69) is 13.8 Å². The topological polar surface area (TPSA) is 38.9 Å². The molecule has 1 aliphatic rings. The van der Waals surface area contributed by atoms with Gasteiger partial charge in [-0.15, -0.1) is 11.3 Å². The van der Waals surface area contributed by atoms with Gasteiger partial charge in [-0.25, -0.2) is 4.98 Å². The van der Waals surface area contributed by atoms with Crippen molar-refractivity contribution in [3.05, 3.63) is 15.6 Å². The maximum Gasteiger partial charge on any atom is 0.0962 e. The highest BCUT2D eigenvalue weighted by Crippen LogP contribution is 2.42. The second-order valence-corrected chi connectivity index (χ2v) is 5.61. The molecule has 1 saturated carbocycles. The summed E-state index contributed by atoms with van der Waals surface area (Å²) in [4.78, 5) is 6.03. The lowest BCUT2D eigenvalue weighted by Crippen LogP contribution is -2.02. The zero-order valence-electron chi connectivity index (χ0n) is 8.92. The van der Waals surface area contributed by atoms with Crippen LogP contribution in [0.5, 0.6) is 0 Å². The third-order valence-electron chi connectivity index (χ3n) is 2.51. The van der Waals surface area contributed by atoms with E-state index in [4.69, 9.17) is 10.7 Å². The smallest absolute Gasteiger partial charge is 0.0962 e. The second kappa shape index (κ2) is 3.99. The van der Waals surface area contributed by atoms with Crippen LogP contribution >= 0.6 is 11.3 Å². The Kier molecular flexibility index (Phi) is 2.88. The average Bonchev–Trinajstić information content (AvgIpc) is 2.89. The zero-order chi connectivity index (χ0) is 10.1. The fourth-order valence-corrected chi connectivity index (χ4v) is 2.75. The van der Waals surface area contributed by atoms with Gasteiger partial charge in [0.05, 0.1) is 10.7 Å². The van der Waals surface area contributed by atoms with Crippen LogP contribution in [0.4, 0.5) is 0 Å². The molecule has 2 nitrogen and oxygen atoms in total. The van der Waals surface area contributed by atoms with Crippen LogP contribution in [-0.2, 0) is 13.0 Å². The molecule has 1 aliphatic carbocycles. The largest absolute Gasteiger partial charge is 0.326 e. The predicted molar refractivity (Wildman–Crippen MR) is 60.5 cm³/mol. The average molecular weight is 210 g/mol. The highest BCUT2D eigenvalue weighted by molar-refractivity contribution is 7.11. The first-order valence-electron chi connectivity index (χ1n) is 5.39. The van der Waals surface area contributed by atoms with E-state index in [1.807, 2.05) is 11.3 Å². The number of nitrogens with zero attached hydrogens (tertiary/aromatic N) is 1. The lowest BCUT2D eigenvalue weighted by molar-refractivity contribution is 0.632. The minimum absolute atomic E-state index is 0.659. The Balaban J connectivity index is 2.18. The van der Waals surface area contributed by atoms with Crippen molar-refractivity contribution in [2.75, 3.05) is 0 Å². The molecule has 0 saturated heterocycles. The molecule has 0 amide bonds. The summed E-state index contributed by atoms with van der Waals surface area (Å²) >= 11 is 1.84. The van der Waals surface area contributed by atoms with Crippen molar-refractivity contribution in [1.29, 1.82) is 0 Å². The third kappa shape index (κ3) is 2.15. The van der Waals surface area contributed by atoms with Crippen LogP contribution in [0.25, 0.3) is 0 Å². The zero-order valence-corrected chi connectivity index (χ0v) is 9.73. The van der Waals surface area contributed by atoms with Crippen molar-refractivity contribution in [2.45, 2.75) is 45.6 Å². The minimum Gasteiger partial charge on any atom is -0.326 e. The van der Waals surface area contributed by atoms with Gasteiger partial charge in [-0.2, -0.15) is 0 Å². The van der Waals surface area contributed by atoms with E-state index in [9.17, 15) is 0 Å². The van der Waals surface area contributed by atoms with Crippen LogP contribution in [0.15, 0.2) is 0 Å². The molecule has 1 fully saturated rings. The van der Waals surface area contributed by atoms with Gasteiger partial charge >= 0.3 is 0 Å². The second-order valence-electron chi connectivity index (χ2n) is 4.50. The molecule has 1 heterocycles. The maximum absolute atomic E-state index is 5.73. The van der Waals surface area contributed by atoms with Crippen LogP contribution in [0.1, 0.15) is 48.2 Å². The summed E-state index contributed by atoms with van der Waals surface area (Å²) in [5, 5.41) is 1.33. The van der Waals surface area contributed by atoms with Crippen molar-refractivity contribution in [2.24, 2.45) is 11.7 Å². The van der Waals surface area contributed by atoms with Crippen LogP contribution in [0, 0.1) is 5.92 Å². The van der Waals surface area contributed by atoms with E-state index >= 15 is 0 Å². The van der Waals surface area contributed by atoms with E-state index in [1.165, 1.54) is 28.4 Å². The maximum atomic E-state index is 5.73. The van der Waals surface area contributed by atoms with Crippen LogP contribution < -0.4 is 5.73 Å². The van der Waals surface area contributed by atoms with E-state index in [1.54, 1.807) is 0 Å². The Bertz CT molecular complexity index is 313. The van der Waals surface area contributed by atoms with E-state index in [0.29, 0.717) is 12.5 Å². The summed E-state index contributed by atoms with van der Waals surface area (Å²) in [6, 6.07) is 0. The van der Waals surface area contributed by atoms with E-state index < -0.39 is 0 Å². The first kappa shape index (κ1) is 10.1. The molecule has 0 aromatic carbocycles. The molecule has 1 aromatic heterocycles. The lowest BCUT2D eigenvalue weighted by Gasteiger charge is -2.02. The molecular weight excluding hydrogens is 192 g/mol. The van der Waals surface area contributed by atoms with E-state index in [0.717, 1.165) is 12.3 Å². The van der Waals surface area contributed by atoms with Crippen LogP contribution in [0.2, 0.25) is 0 Å². The van der Waals surface area contributed by atoms with Crippen LogP contribution in [-0.4, -0.2) is 4.98 Å². The Morgan fingerprint density at radius 1 is 1.50 bits per heavy atom. The number of hydrogen-bond acceptors (Lipinski definition) is 3. The van der Waals surface area contributed by atoms with Crippen molar-refractivity contribution < 1.29 is 0 Å². The molecule has 0 unspecified atom stereocenters. The Morgan fingerprint density at radius 3 is 2.71 bits per heavy atom. The van der Waals surface area contributed by atoms with Gasteiger partial charge in [0.1, 0.15) is 0 Å². The molecule has 0 atom stereocenters. The van der Waals surface area contributed by atoms with E-state index in [-0.39, 0.29) is 0 Å². The molecule has 1 aromatic rings. The molecule has 0 aliphatic heterocycles. The fourth-order valence-electron chi connectivity index (χ4n) is 1.61. The quantitative estimate of drug-likeness (QED) is 0.830. The number of hydrogen-bond donors (Lipinski definition) is 1. The SMILES string of the molecule is CC(C)Cc1nc(C2CC2)sc1CN. The molecular formula is C11H18N2S.